The highest BCUT2D eigenvalue weighted by Gasteiger charge is 2.19. The highest BCUT2D eigenvalue weighted by atomic mass is 16.2. The quantitative estimate of drug-likeness (QED) is 0.508. The number of aromatic nitrogens is 3. The predicted molar refractivity (Wildman–Crippen MR) is 95.4 cm³/mol. The lowest BCUT2D eigenvalue weighted by Gasteiger charge is -2.32. The van der Waals surface area contributed by atoms with Crippen molar-refractivity contribution in [3.63, 3.8) is 0 Å². The molecule has 0 saturated carbocycles. The second kappa shape index (κ2) is 7.85. The standard InChI is InChI=1S/C17H30N6O/c1-14-7-12-21(13-8-14)16(18-2)19-9-5-11-23-17(24)22-10-4-3-6-15(22)20-23/h14H,3-13H2,1-2H3,(H,18,19). The predicted octanol–water partition coefficient (Wildman–Crippen LogP) is 1.08. The van der Waals surface area contributed by atoms with Crippen LogP contribution in [0.1, 0.15) is 44.9 Å². The Balaban J connectivity index is 1.46. The van der Waals surface area contributed by atoms with Crippen LogP contribution >= 0.6 is 0 Å². The van der Waals surface area contributed by atoms with Crippen molar-refractivity contribution in [2.75, 3.05) is 26.7 Å². The van der Waals surface area contributed by atoms with E-state index in [0.717, 1.165) is 69.6 Å². The van der Waals surface area contributed by atoms with Crippen molar-refractivity contribution >= 4 is 5.96 Å². The zero-order valence-corrected chi connectivity index (χ0v) is 15.0. The summed E-state index contributed by atoms with van der Waals surface area (Å²) in [5.41, 5.74) is 0.0547. The number of guanidine groups is 1. The van der Waals surface area contributed by atoms with Crippen molar-refractivity contribution in [3.05, 3.63) is 16.3 Å². The highest BCUT2D eigenvalue weighted by Crippen LogP contribution is 2.15. The Labute approximate surface area is 143 Å². The van der Waals surface area contributed by atoms with Crippen molar-refractivity contribution in [2.24, 2.45) is 10.9 Å². The normalized spacial score (nSPS) is 19.4. The molecule has 1 saturated heterocycles. The minimum atomic E-state index is 0.0547. The summed E-state index contributed by atoms with van der Waals surface area (Å²) in [7, 11) is 1.84. The zero-order chi connectivity index (χ0) is 16.9. The van der Waals surface area contributed by atoms with E-state index in [1.807, 2.05) is 11.6 Å². The Morgan fingerprint density at radius 1 is 1.29 bits per heavy atom. The van der Waals surface area contributed by atoms with Gasteiger partial charge in [0.15, 0.2) is 5.96 Å². The fourth-order valence-corrected chi connectivity index (χ4v) is 3.58. The fourth-order valence-electron chi connectivity index (χ4n) is 3.58. The topological polar surface area (TPSA) is 67.5 Å². The molecule has 1 fully saturated rings. The number of fused-ring (bicyclic) bond motifs is 1. The van der Waals surface area contributed by atoms with E-state index in [0.29, 0.717) is 6.54 Å². The number of likely N-dealkylation sites (tertiary alicyclic amines) is 1. The minimum absolute atomic E-state index is 0.0547. The number of aryl methyl sites for hydroxylation is 2. The molecule has 2 aliphatic heterocycles. The lowest BCUT2D eigenvalue weighted by atomic mass is 10.00. The van der Waals surface area contributed by atoms with Crippen LogP contribution in [-0.2, 0) is 19.5 Å². The highest BCUT2D eigenvalue weighted by molar-refractivity contribution is 5.79. The van der Waals surface area contributed by atoms with E-state index in [1.165, 1.54) is 12.8 Å². The average Bonchev–Trinajstić information content (AvgIpc) is 2.93. The fraction of sp³-hybridized carbons (Fsp3) is 0.824. The summed E-state index contributed by atoms with van der Waals surface area (Å²) in [5, 5.41) is 7.92. The van der Waals surface area contributed by atoms with Crippen molar-refractivity contribution in [1.29, 1.82) is 0 Å². The molecule has 0 radical (unpaired) electrons. The second-order valence-corrected chi connectivity index (χ2v) is 7.03. The van der Waals surface area contributed by atoms with Gasteiger partial charge in [-0.3, -0.25) is 9.56 Å². The molecule has 1 aromatic heterocycles. The van der Waals surface area contributed by atoms with Crippen LogP contribution in [0.2, 0.25) is 0 Å². The Morgan fingerprint density at radius 3 is 2.79 bits per heavy atom. The minimum Gasteiger partial charge on any atom is -0.356 e. The molecule has 3 rings (SSSR count). The summed E-state index contributed by atoms with van der Waals surface area (Å²) >= 11 is 0. The van der Waals surface area contributed by atoms with E-state index >= 15 is 0 Å². The maximum absolute atomic E-state index is 12.3. The number of rotatable bonds is 4. The molecule has 0 aromatic carbocycles. The summed E-state index contributed by atoms with van der Waals surface area (Å²) in [6.07, 6.45) is 6.50. The maximum Gasteiger partial charge on any atom is 0.345 e. The van der Waals surface area contributed by atoms with Gasteiger partial charge in [0.05, 0.1) is 0 Å². The van der Waals surface area contributed by atoms with Gasteiger partial charge in [-0.05, 0) is 38.0 Å². The van der Waals surface area contributed by atoms with Crippen LogP contribution in [0.15, 0.2) is 9.79 Å². The first-order valence-electron chi connectivity index (χ1n) is 9.31. The number of hydrogen-bond acceptors (Lipinski definition) is 3. The van der Waals surface area contributed by atoms with E-state index in [-0.39, 0.29) is 5.69 Å². The first kappa shape index (κ1) is 17.0. The van der Waals surface area contributed by atoms with Gasteiger partial charge in [-0.2, -0.15) is 5.10 Å². The SMILES string of the molecule is CN=C(NCCCn1nc2n(c1=O)CCCC2)N1CCC(C)CC1. The molecule has 0 atom stereocenters. The van der Waals surface area contributed by atoms with Gasteiger partial charge in [0, 0.05) is 46.2 Å². The van der Waals surface area contributed by atoms with Gasteiger partial charge in [-0.1, -0.05) is 6.92 Å². The van der Waals surface area contributed by atoms with Crippen LogP contribution in [0.25, 0.3) is 0 Å². The molecule has 7 nitrogen and oxygen atoms in total. The Hall–Kier alpha value is -1.79. The van der Waals surface area contributed by atoms with E-state index in [1.54, 1.807) is 4.68 Å². The van der Waals surface area contributed by atoms with E-state index in [2.05, 4.69) is 27.2 Å². The van der Waals surface area contributed by atoms with E-state index < -0.39 is 0 Å². The Morgan fingerprint density at radius 2 is 2.08 bits per heavy atom. The lowest BCUT2D eigenvalue weighted by Crippen LogP contribution is -2.45. The molecule has 1 N–H and O–H groups in total. The number of nitrogens with one attached hydrogen (secondary N) is 1. The molecule has 7 heteroatoms. The van der Waals surface area contributed by atoms with Crippen LogP contribution < -0.4 is 11.0 Å². The Kier molecular flexibility index (Phi) is 5.58. The summed E-state index contributed by atoms with van der Waals surface area (Å²) in [6.45, 7) is 6.78. The van der Waals surface area contributed by atoms with Crippen molar-refractivity contribution in [1.82, 2.24) is 24.6 Å². The summed E-state index contributed by atoms with van der Waals surface area (Å²) in [6, 6.07) is 0. The van der Waals surface area contributed by atoms with Gasteiger partial charge in [0.25, 0.3) is 0 Å². The maximum atomic E-state index is 12.3. The first-order valence-corrected chi connectivity index (χ1v) is 9.31. The monoisotopic (exact) mass is 334 g/mol. The summed E-state index contributed by atoms with van der Waals surface area (Å²) in [5.74, 6) is 2.76. The number of nitrogens with zero attached hydrogens (tertiary/aromatic N) is 5. The molecule has 0 spiro atoms. The second-order valence-electron chi connectivity index (χ2n) is 7.03. The summed E-state index contributed by atoms with van der Waals surface area (Å²) in [4.78, 5) is 19.0. The van der Waals surface area contributed by atoms with Gasteiger partial charge in [-0.15, -0.1) is 0 Å². The lowest BCUT2D eigenvalue weighted by molar-refractivity contribution is 0.273. The van der Waals surface area contributed by atoms with Gasteiger partial charge in [0.2, 0.25) is 0 Å². The molecule has 3 heterocycles. The van der Waals surface area contributed by atoms with Gasteiger partial charge in [0.1, 0.15) is 5.82 Å². The first-order chi connectivity index (χ1) is 11.7. The third-order valence-corrected chi connectivity index (χ3v) is 5.16. The van der Waals surface area contributed by atoms with Gasteiger partial charge < -0.3 is 10.2 Å². The molecule has 1 aromatic rings. The van der Waals surface area contributed by atoms with Crippen molar-refractivity contribution in [3.8, 4) is 0 Å². The molecule has 0 bridgehead atoms. The molecular formula is C17H30N6O. The molecule has 0 unspecified atom stereocenters. The molecular weight excluding hydrogens is 304 g/mol. The Bertz CT molecular complexity index is 624. The van der Waals surface area contributed by atoms with Crippen molar-refractivity contribution in [2.45, 2.75) is 58.5 Å². The number of piperidine rings is 1. The van der Waals surface area contributed by atoms with E-state index in [4.69, 9.17) is 0 Å². The summed E-state index contributed by atoms with van der Waals surface area (Å²) < 4.78 is 3.47. The van der Waals surface area contributed by atoms with Crippen LogP contribution in [0.4, 0.5) is 0 Å². The number of hydrogen-bond donors (Lipinski definition) is 1. The molecule has 0 amide bonds. The van der Waals surface area contributed by atoms with Crippen LogP contribution in [-0.4, -0.2) is 51.9 Å². The van der Waals surface area contributed by atoms with Crippen molar-refractivity contribution < 1.29 is 0 Å². The molecule has 134 valence electrons. The molecule has 24 heavy (non-hydrogen) atoms. The van der Waals surface area contributed by atoms with Crippen LogP contribution in [0, 0.1) is 5.92 Å². The van der Waals surface area contributed by atoms with Gasteiger partial charge in [-0.25, -0.2) is 9.48 Å². The average molecular weight is 334 g/mol. The third kappa shape index (κ3) is 3.82. The van der Waals surface area contributed by atoms with Crippen LogP contribution in [0.5, 0.6) is 0 Å². The molecule has 0 aliphatic carbocycles. The van der Waals surface area contributed by atoms with Gasteiger partial charge >= 0.3 is 5.69 Å². The van der Waals surface area contributed by atoms with Crippen LogP contribution in [0.3, 0.4) is 0 Å². The smallest absolute Gasteiger partial charge is 0.345 e. The molecule has 2 aliphatic rings. The third-order valence-electron chi connectivity index (χ3n) is 5.16. The largest absolute Gasteiger partial charge is 0.356 e. The number of aliphatic imine (C=N–C) groups is 1. The zero-order valence-electron chi connectivity index (χ0n) is 15.0. The van der Waals surface area contributed by atoms with E-state index in [9.17, 15) is 4.79 Å².